The van der Waals surface area contributed by atoms with Crippen molar-refractivity contribution in [2.45, 2.75) is 44.1 Å². The zero-order valence-corrected chi connectivity index (χ0v) is 14.0. The van der Waals surface area contributed by atoms with Crippen LogP contribution in [0.25, 0.3) is 0 Å². The van der Waals surface area contributed by atoms with Crippen LogP contribution < -0.4 is 10.6 Å². The number of nitrogens with one attached hydrogen (secondary N) is 2. The Morgan fingerprint density at radius 1 is 1.58 bits per heavy atom. The minimum atomic E-state index is 0. The van der Waals surface area contributed by atoms with E-state index >= 15 is 0 Å². The van der Waals surface area contributed by atoms with Crippen LogP contribution in [-0.2, 0) is 11.3 Å². The van der Waals surface area contributed by atoms with E-state index in [0.29, 0.717) is 18.2 Å². The van der Waals surface area contributed by atoms with Crippen LogP contribution in [0, 0.1) is 0 Å². The molecule has 3 rings (SSSR count). The highest BCUT2D eigenvalue weighted by Crippen LogP contribution is 2.34. The van der Waals surface area contributed by atoms with E-state index in [1.54, 1.807) is 18.4 Å². The number of aromatic nitrogens is 1. The van der Waals surface area contributed by atoms with Crippen molar-refractivity contribution >= 4 is 41.3 Å². The van der Waals surface area contributed by atoms with Crippen molar-refractivity contribution in [3.63, 3.8) is 0 Å². The van der Waals surface area contributed by atoms with Crippen LogP contribution in [0.3, 0.4) is 0 Å². The summed E-state index contributed by atoms with van der Waals surface area (Å²) in [6, 6.07) is 0.409. The van der Waals surface area contributed by atoms with Gasteiger partial charge in [0, 0.05) is 18.6 Å². The fourth-order valence-electron chi connectivity index (χ4n) is 2.66. The maximum atomic E-state index is 5.83. The summed E-state index contributed by atoms with van der Waals surface area (Å²) in [6.45, 7) is 0.721. The molecule has 0 aromatic carbocycles. The van der Waals surface area contributed by atoms with Crippen LogP contribution >= 0.6 is 35.3 Å². The Labute approximate surface area is 134 Å². The van der Waals surface area contributed by atoms with Crippen molar-refractivity contribution in [2.24, 2.45) is 4.99 Å². The molecule has 2 bridgehead atoms. The third-order valence-electron chi connectivity index (χ3n) is 3.54. The van der Waals surface area contributed by atoms with Crippen LogP contribution in [0.1, 0.15) is 24.3 Å². The van der Waals surface area contributed by atoms with Gasteiger partial charge in [0.25, 0.3) is 0 Å². The van der Waals surface area contributed by atoms with Gasteiger partial charge in [0.1, 0.15) is 5.01 Å². The van der Waals surface area contributed by atoms with Crippen molar-refractivity contribution in [3.05, 3.63) is 16.6 Å². The molecule has 2 aliphatic heterocycles. The molecular formula is C12H19IN4OS. The lowest BCUT2D eigenvalue weighted by Crippen LogP contribution is -2.47. The summed E-state index contributed by atoms with van der Waals surface area (Å²) in [5, 5.41) is 9.79. The molecule has 1 aromatic heterocycles. The lowest BCUT2D eigenvalue weighted by Gasteiger charge is -2.22. The molecule has 0 radical (unpaired) electrons. The standard InChI is InChI=1S/C12H18N4OS.HI/c1-13-12(15-7-11-14-4-5-18-11)16-9-6-8-2-3-10(9)17-8;/h4-5,8-10H,2-3,6-7H2,1H3,(H2,13,15,16);1H. The smallest absolute Gasteiger partial charge is 0.191 e. The average Bonchev–Trinajstić information content (AvgIpc) is 3.10. The average molecular weight is 394 g/mol. The maximum Gasteiger partial charge on any atom is 0.191 e. The van der Waals surface area contributed by atoms with Crippen molar-refractivity contribution in [1.82, 2.24) is 15.6 Å². The number of halogens is 1. The van der Waals surface area contributed by atoms with Gasteiger partial charge in [0.2, 0.25) is 0 Å². The minimum Gasteiger partial charge on any atom is -0.373 e. The van der Waals surface area contributed by atoms with E-state index in [0.717, 1.165) is 23.9 Å². The Bertz CT molecular complexity index is 425. The van der Waals surface area contributed by atoms with Gasteiger partial charge < -0.3 is 15.4 Å². The van der Waals surface area contributed by atoms with Gasteiger partial charge in [0.05, 0.1) is 24.8 Å². The van der Waals surface area contributed by atoms with E-state index in [-0.39, 0.29) is 24.0 Å². The van der Waals surface area contributed by atoms with Gasteiger partial charge in [-0.25, -0.2) is 4.98 Å². The largest absolute Gasteiger partial charge is 0.373 e. The highest BCUT2D eigenvalue weighted by Gasteiger charge is 2.41. The number of nitrogens with zero attached hydrogens (tertiary/aromatic N) is 2. The second-order valence-corrected chi connectivity index (χ2v) is 5.69. The molecule has 19 heavy (non-hydrogen) atoms. The molecule has 3 unspecified atom stereocenters. The molecule has 3 heterocycles. The summed E-state index contributed by atoms with van der Waals surface area (Å²) in [6.07, 6.45) is 6.14. The number of hydrogen-bond acceptors (Lipinski definition) is 4. The number of fused-ring (bicyclic) bond motifs is 2. The third-order valence-corrected chi connectivity index (χ3v) is 4.32. The Hall–Kier alpha value is -0.410. The van der Waals surface area contributed by atoms with Crippen LogP contribution in [-0.4, -0.2) is 36.2 Å². The van der Waals surface area contributed by atoms with Gasteiger partial charge in [-0.05, 0) is 19.3 Å². The Morgan fingerprint density at radius 2 is 2.47 bits per heavy atom. The van der Waals surface area contributed by atoms with Gasteiger partial charge in [-0.3, -0.25) is 4.99 Å². The van der Waals surface area contributed by atoms with Gasteiger partial charge in [-0.15, -0.1) is 35.3 Å². The van der Waals surface area contributed by atoms with Gasteiger partial charge in [-0.1, -0.05) is 0 Å². The molecule has 0 amide bonds. The van der Waals surface area contributed by atoms with E-state index in [4.69, 9.17) is 4.74 Å². The monoisotopic (exact) mass is 394 g/mol. The molecule has 7 heteroatoms. The first-order valence-corrected chi connectivity index (χ1v) is 7.24. The van der Waals surface area contributed by atoms with Crippen molar-refractivity contribution in [1.29, 1.82) is 0 Å². The highest BCUT2D eigenvalue weighted by atomic mass is 127. The van der Waals surface area contributed by atoms with Crippen LogP contribution in [0.5, 0.6) is 0 Å². The predicted octanol–water partition coefficient (Wildman–Crippen LogP) is 1.75. The van der Waals surface area contributed by atoms with E-state index in [1.165, 1.54) is 12.8 Å². The number of guanidine groups is 1. The molecule has 3 atom stereocenters. The number of aliphatic imine (C=N–C) groups is 1. The number of hydrogen-bond donors (Lipinski definition) is 2. The normalized spacial score (nSPS) is 29.1. The third kappa shape index (κ3) is 3.57. The molecule has 2 saturated heterocycles. The first-order chi connectivity index (χ1) is 8.85. The summed E-state index contributed by atoms with van der Waals surface area (Å²) in [5.74, 6) is 0.839. The van der Waals surface area contributed by atoms with E-state index in [2.05, 4.69) is 20.6 Å². The number of thiazole rings is 1. The Morgan fingerprint density at radius 3 is 3.05 bits per heavy atom. The lowest BCUT2D eigenvalue weighted by molar-refractivity contribution is 0.0992. The minimum absolute atomic E-state index is 0. The topological polar surface area (TPSA) is 58.5 Å². The quantitative estimate of drug-likeness (QED) is 0.466. The van der Waals surface area contributed by atoms with E-state index in [1.807, 2.05) is 11.6 Å². The van der Waals surface area contributed by atoms with Crippen molar-refractivity contribution in [3.8, 4) is 0 Å². The summed E-state index contributed by atoms with van der Waals surface area (Å²) >= 11 is 1.65. The second kappa shape index (κ2) is 6.85. The summed E-state index contributed by atoms with van der Waals surface area (Å²) in [4.78, 5) is 8.49. The molecule has 2 aliphatic rings. The number of rotatable bonds is 3. The fraction of sp³-hybridized carbons (Fsp3) is 0.667. The van der Waals surface area contributed by atoms with Crippen molar-refractivity contribution in [2.75, 3.05) is 7.05 Å². The molecular weight excluding hydrogens is 375 g/mol. The lowest BCUT2D eigenvalue weighted by atomic mass is 9.96. The maximum absolute atomic E-state index is 5.83. The summed E-state index contributed by atoms with van der Waals surface area (Å²) < 4.78 is 5.83. The number of ether oxygens (including phenoxy) is 1. The van der Waals surface area contributed by atoms with Crippen LogP contribution in [0.15, 0.2) is 16.6 Å². The molecule has 1 aromatic rings. The SMILES string of the molecule is CN=C(NCc1nccs1)NC1CC2CCC1O2.I. The van der Waals surface area contributed by atoms with Gasteiger partial charge in [-0.2, -0.15) is 0 Å². The van der Waals surface area contributed by atoms with Crippen LogP contribution in [0.2, 0.25) is 0 Å². The van der Waals surface area contributed by atoms with Gasteiger partial charge in [0.15, 0.2) is 5.96 Å². The van der Waals surface area contributed by atoms with Gasteiger partial charge >= 0.3 is 0 Å². The molecule has 0 aliphatic carbocycles. The zero-order valence-electron chi connectivity index (χ0n) is 10.8. The Kier molecular flexibility index (Phi) is 5.40. The summed E-state index contributed by atoms with van der Waals surface area (Å²) in [7, 11) is 1.80. The zero-order chi connectivity index (χ0) is 12.4. The second-order valence-electron chi connectivity index (χ2n) is 4.71. The van der Waals surface area contributed by atoms with Crippen LogP contribution in [0.4, 0.5) is 0 Å². The molecule has 2 fully saturated rings. The van der Waals surface area contributed by atoms with E-state index < -0.39 is 0 Å². The fourth-order valence-corrected chi connectivity index (χ4v) is 3.22. The first-order valence-electron chi connectivity index (χ1n) is 6.36. The molecule has 5 nitrogen and oxygen atoms in total. The predicted molar refractivity (Wildman–Crippen MR) is 87.2 cm³/mol. The highest BCUT2D eigenvalue weighted by molar-refractivity contribution is 14.0. The molecule has 0 saturated carbocycles. The Balaban J connectivity index is 0.00000133. The van der Waals surface area contributed by atoms with E-state index in [9.17, 15) is 0 Å². The molecule has 0 spiro atoms. The summed E-state index contributed by atoms with van der Waals surface area (Å²) in [5.41, 5.74) is 0. The molecule has 106 valence electrons. The first kappa shape index (κ1) is 15.0. The molecule has 2 N–H and O–H groups in total. The van der Waals surface area contributed by atoms with Crippen molar-refractivity contribution < 1.29 is 4.74 Å².